The zero-order valence-corrected chi connectivity index (χ0v) is 37.5. The quantitative estimate of drug-likeness (QED) is 0.0288. The van der Waals surface area contributed by atoms with Gasteiger partial charge in [-0.1, -0.05) is 19.4 Å². The van der Waals surface area contributed by atoms with E-state index < -0.39 is 92.6 Å². The van der Waals surface area contributed by atoms with Crippen LogP contribution in [0, 0.1) is 0 Å². The highest BCUT2D eigenvalue weighted by Gasteiger charge is 2.25. The van der Waals surface area contributed by atoms with Gasteiger partial charge in [0.1, 0.15) is 57.3 Å². The predicted octanol–water partition coefficient (Wildman–Crippen LogP) is 6.79. The number of nitrogens with zero attached hydrogens (tertiary/aromatic N) is 7. The number of phenols is 1. The second kappa shape index (κ2) is 20.7. The summed E-state index contributed by atoms with van der Waals surface area (Å²) in [6, 6.07) is 15.2. The number of aliphatic hydroxyl groups is 2. The van der Waals surface area contributed by atoms with Crippen LogP contribution in [-0.2, 0) is 36.8 Å². The van der Waals surface area contributed by atoms with Crippen molar-refractivity contribution in [1.82, 2.24) is 9.78 Å². The lowest BCUT2D eigenvalue weighted by molar-refractivity contribution is 0.0690. The number of aromatic carboxylic acids is 1. The van der Waals surface area contributed by atoms with Crippen LogP contribution in [0.15, 0.2) is 129 Å². The lowest BCUT2D eigenvalue weighted by Crippen LogP contribution is -2.14. The molecule has 68 heavy (non-hydrogen) atoms. The Morgan fingerprint density at radius 2 is 1.26 bits per heavy atom. The molecule has 25 nitrogen and oxygen atoms in total. The molecule has 0 bridgehead atoms. The molecule has 0 spiro atoms. The van der Waals surface area contributed by atoms with Crippen molar-refractivity contribution in [3.8, 4) is 22.9 Å². The lowest BCUT2D eigenvalue weighted by Gasteiger charge is -2.13. The maximum absolute atomic E-state index is 13.3. The first-order valence-electron chi connectivity index (χ1n) is 19.6. The average Bonchev–Trinajstić information content (AvgIpc) is 3.62. The number of carbonyl (C=O) groups is 1. The van der Waals surface area contributed by atoms with Gasteiger partial charge >= 0.3 is 5.97 Å². The van der Waals surface area contributed by atoms with E-state index in [0.717, 1.165) is 60.0 Å². The van der Waals surface area contributed by atoms with Gasteiger partial charge in [-0.2, -0.15) is 30.4 Å². The number of fused-ring (bicyclic) bond motifs is 1. The predicted molar refractivity (Wildman–Crippen MR) is 238 cm³/mol. The SMILES string of the molecule is CCCCc1ccc(N=Nc2cc(OCCO)c(N=Nc3c(S(=O)(=O)O)cc4cc(N=Nc5c(C(=O)O)[nH]n(-c6ccc(S(=O)(=O)O)cc6)c5=O)ccc4c3O)cc2OCCO)c(S(=O)(=O)O)c1. The first kappa shape index (κ1) is 50.1. The van der Waals surface area contributed by atoms with E-state index in [1.165, 1.54) is 30.3 Å². The minimum absolute atomic E-state index is 0.0416. The second-order valence-corrected chi connectivity index (χ2v) is 18.3. The molecule has 0 unspecified atom stereocenters. The summed E-state index contributed by atoms with van der Waals surface area (Å²) in [6.07, 6.45) is 2.11. The van der Waals surface area contributed by atoms with Crippen LogP contribution in [0.25, 0.3) is 16.5 Å². The third-order valence-corrected chi connectivity index (χ3v) is 12.1. The summed E-state index contributed by atoms with van der Waals surface area (Å²) in [6.45, 7) is 0.276. The molecule has 5 aromatic carbocycles. The fraction of sp³-hybridized carbons (Fsp3) is 0.200. The van der Waals surface area contributed by atoms with E-state index in [2.05, 4.69) is 35.8 Å². The normalized spacial score (nSPS) is 12.5. The topological polar surface area (TPSA) is 392 Å². The van der Waals surface area contributed by atoms with Crippen LogP contribution in [0.1, 0.15) is 35.8 Å². The Morgan fingerprint density at radius 3 is 1.82 bits per heavy atom. The van der Waals surface area contributed by atoms with Crippen molar-refractivity contribution < 1.29 is 73.6 Å². The van der Waals surface area contributed by atoms with E-state index in [0.29, 0.717) is 12.0 Å². The summed E-state index contributed by atoms with van der Waals surface area (Å²) in [5.41, 5.74) is -3.44. The van der Waals surface area contributed by atoms with Gasteiger partial charge in [0, 0.05) is 17.5 Å². The number of hydrogen-bond donors (Lipinski definition) is 8. The average molecular weight is 999 g/mol. The van der Waals surface area contributed by atoms with Crippen molar-refractivity contribution in [2.24, 2.45) is 30.7 Å². The zero-order chi connectivity index (χ0) is 49.6. The molecule has 0 atom stereocenters. The number of carboxylic acid groups (broad SMARTS) is 1. The fourth-order valence-corrected chi connectivity index (χ4v) is 8.07. The minimum atomic E-state index is -5.22. The molecule has 0 aliphatic rings. The number of unbranched alkanes of at least 4 members (excludes halogenated alkanes) is 1. The minimum Gasteiger partial charge on any atom is -0.505 e. The van der Waals surface area contributed by atoms with Crippen molar-refractivity contribution in [1.29, 1.82) is 0 Å². The molecule has 0 radical (unpaired) electrons. The molecule has 8 N–H and O–H groups in total. The Labute approximate surface area is 384 Å². The van der Waals surface area contributed by atoms with Gasteiger partial charge < -0.3 is 29.9 Å². The molecule has 0 saturated heterocycles. The number of aliphatic hydroxyl groups excluding tert-OH is 2. The van der Waals surface area contributed by atoms with E-state index in [9.17, 15) is 68.9 Å². The first-order chi connectivity index (χ1) is 32.1. The van der Waals surface area contributed by atoms with Gasteiger partial charge in [-0.3, -0.25) is 23.6 Å². The molecule has 1 heterocycles. The van der Waals surface area contributed by atoms with Crippen LogP contribution in [0.5, 0.6) is 17.2 Å². The monoisotopic (exact) mass is 998 g/mol. The van der Waals surface area contributed by atoms with E-state index >= 15 is 0 Å². The Balaban J connectivity index is 1.39. The van der Waals surface area contributed by atoms with Gasteiger partial charge in [0.25, 0.3) is 35.9 Å². The van der Waals surface area contributed by atoms with Crippen molar-refractivity contribution >= 4 is 81.2 Å². The van der Waals surface area contributed by atoms with E-state index in [-0.39, 0.29) is 63.9 Å². The molecule has 0 saturated carbocycles. The summed E-state index contributed by atoms with van der Waals surface area (Å²) in [5.74, 6) is -2.83. The molecule has 0 aliphatic carbocycles. The van der Waals surface area contributed by atoms with Gasteiger partial charge in [-0.15, -0.1) is 25.6 Å². The van der Waals surface area contributed by atoms with E-state index in [1.807, 2.05) is 6.92 Å². The number of aromatic hydroxyl groups is 1. The number of aromatic amines is 1. The third-order valence-electron chi connectivity index (χ3n) is 9.43. The van der Waals surface area contributed by atoms with Crippen molar-refractivity contribution in [3.63, 3.8) is 0 Å². The van der Waals surface area contributed by atoms with Crippen LogP contribution in [0.3, 0.4) is 0 Å². The molecule has 358 valence electrons. The van der Waals surface area contributed by atoms with Crippen LogP contribution in [-0.4, -0.2) is 102 Å². The smallest absolute Gasteiger partial charge is 0.356 e. The number of nitrogens with one attached hydrogen (secondary N) is 1. The molecule has 1 aromatic heterocycles. The molecular weight excluding hydrogens is 961 g/mol. The molecule has 28 heteroatoms. The number of ether oxygens (including phenoxy) is 2. The molecule has 0 amide bonds. The zero-order valence-electron chi connectivity index (χ0n) is 35.0. The highest BCUT2D eigenvalue weighted by Crippen LogP contribution is 2.45. The maximum Gasteiger partial charge on any atom is 0.356 e. The number of hydrogen-bond acceptors (Lipinski definition) is 19. The molecule has 0 fully saturated rings. The van der Waals surface area contributed by atoms with Gasteiger partial charge in [0.15, 0.2) is 17.1 Å². The standard InChI is InChI=1S/C40H38N8O17S3/c1-2-3-4-22-5-12-28(33(17-22)67(58,59)60)42-43-29-20-32(65-16-14-50)30(21-31(29)64-15-13-49)44-45-35-34(68(61,62)63)19-23-18-24(6-11-27(23)38(35)51)41-46-36-37(40(53)54)47-48(39(36)52)25-7-9-26(10-8-25)66(55,56)57/h5-12,17-21,47,49-51H,2-4,13-16H2,1H3,(H,53,54)(H,55,56,57)(H,58,59,60)(H,61,62,63). The van der Waals surface area contributed by atoms with Gasteiger partial charge in [0.2, 0.25) is 0 Å². The number of aromatic nitrogens is 2. The lowest BCUT2D eigenvalue weighted by atomic mass is 10.1. The largest absolute Gasteiger partial charge is 0.505 e. The van der Waals surface area contributed by atoms with Crippen LogP contribution in [0.4, 0.5) is 34.1 Å². The van der Waals surface area contributed by atoms with Crippen LogP contribution in [0.2, 0.25) is 0 Å². The van der Waals surface area contributed by atoms with Gasteiger partial charge in [-0.05, 0) is 84.5 Å². The Kier molecular flexibility index (Phi) is 15.2. The molecule has 6 rings (SSSR count). The van der Waals surface area contributed by atoms with E-state index in [4.69, 9.17) is 9.47 Å². The highest BCUT2D eigenvalue weighted by molar-refractivity contribution is 7.86. The summed E-state index contributed by atoms with van der Waals surface area (Å²) in [7, 11) is -14.6. The Morgan fingerprint density at radius 1 is 0.676 bits per heavy atom. The summed E-state index contributed by atoms with van der Waals surface area (Å²) in [5, 5.41) is 66.1. The van der Waals surface area contributed by atoms with Crippen molar-refractivity contribution in [2.45, 2.75) is 40.9 Å². The number of azo groups is 3. The Hall–Kier alpha value is -7.31. The summed E-state index contributed by atoms with van der Waals surface area (Å²) >= 11 is 0. The summed E-state index contributed by atoms with van der Waals surface area (Å²) in [4.78, 5) is 23.3. The Bertz CT molecular complexity index is 3410. The van der Waals surface area contributed by atoms with E-state index in [1.54, 1.807) is 6.07 Å². The van der Waals surface area contributed by atoms with Crippen LogP contribution < -0.4 is 15.0 Å². The number of phenolic OH excluding ortho intramolecular Hbond substituents is 1. The second-order valence-electron chi connectivity index (χ2n) is 14.1. The fourth-order valence-electron chi connectivity index (χ4n) is 6.25. The third kappa shape index (κ3) is 11.6. The number of aryl methyl sites for hydroxylation is 1. The molecule has 6 aromatic rings. The highest BCUT2D eigenvalue weighted by atomic mass is 32.2. The molecule has 0 aliphatic heterocycles. The number of rotatable bonds is 20. The van der Waals surface area contributed by atoms with Crippen molar-refractivity contribution in [3.05, 3.63) is 100 Å². The number of carboxylic acids is 1. The first-order valence-corrected chi connectivity index (χ1v) is 23.9. The number of H-pyrrole nitrogens is 1. The van der Waals surface area contributed by atoms with Crippen LogP contribution >= 0.6 is 0 Å². The number of benzene rings is 5. The van der Waals surface area contributed by atoms with Crippen molar-refractivity contribution in [2.75, 3.05) is 26.4 Å². The molecular formula is C40H38N8O17S3. The van der Waals surface area contributed by atoms with Gasteiger partial charge in [-0.25, -0.2) is 9.48 Å². The maximum atomic E-state index is 13.3. The summed E-state index contributed by atoms with van der Waals surface area (Å²) < 4.78 is 114. The van der Waals surface area contributed by atoms with Gasteiger partial charge in [0.05, 0.1) is 29.5 Å².